The molecule has 18 heavy (non-hydrogen) atoms. The lowest BCUT2D eigenvalue weighted by atomic mass is 10.4. The quantitative estimate of drug-likeness (QED) is 0.624. The van der Waals surface area contributed by atoms with Gasteiger partial charge in [-0.2, -0.15) is 0 Å². The van der Waals surface area contributed by atoms with Crippen LogP contribution in [0.4, 0.5) is 0 Å². The minimum Gasteiger partial charge on any atom is -0.370 e. The Bertz CT molecular complexity index is 316. The number of ether oxygens (including phenoxy) is 1. The van der Waals surface area contributed by atoms with E-state index in [1.54, 1.807) is 11.0 Å². The molecule has 1 rings (SSSR count). The van der Waals surface area contributed by atoms with E-state index in [1.165, 1.54) is 6.08 Å². The van der Waals surface area contributed by atoms with Crippen molar-refractivity contribution in [3.05, 3.63) is 12.2 Å². The Morgan fingerprint density at radius 1 is 1.56 bits per heavy atom. The SMILES string of the molecule is CN(C)C/C=C/C(=O)NCCN1CCOCC1=O. The van der Waals surface area contributed by atoms with Gasteiger partial charge in [-0.15, -0.1) is 0 Å². The van der Waals surface area contributed by atoms with Crippen LogP contribution >= 0.6 is 0 Å². The van der Waals surface area contributed by atoms with Gasteiger partial charge >= 0.3 is 0 Å². The number of nitrogens with one attached hydrogen (secondary N) is 1. The molecule has 0 aromatic heterocycles. The van der Waals surface area contributed by atoms with Crippen LogP contribution in [0.15, 0.2) is 12.2 Å². The second kappa shape index (κ2) is 7.84. The van der Waals surface area contributed by atoms with Crippen molar-refractivity contribution in [1.29, 1.82) is 0 Å². The molecule has 1 N–H and O–H groups in total. The van der Waals surface area contributed by atoms with Crippen LogP contribution in [-0.4, -0.2) is 75.1 Å². The van der Waals surface area contributed by atoms with Gasteiger partial charge in [0, 0.05) is 32.3 Å². The first kappa shape index (κ1) is 14.7. The predicted molar refractivity (Wildman–Crippen MR) is 68.1 cm³/mol. The smallest absolute Gasteiger partial charge is 0.248 e. The maximum Gasteiger partial charge on any atom is 0.248 e. The molecule has 2 amide bonds. The predicted octanol–water partition coefficient (Wildman–Crippen LogP) is -0.921. The molecule has 0 spiro atoms. The molecule has 1 saturated heterocycles. The number of carbonyl (C=O) groups excluding carboxylic acids is 2. The third-order valence-corrected chi connectivity index (χ3v) is 2.50. The monoisotopic (exact) mass is 255 g/mol. The van der Waals surface area contributed by atoms with E-state index in [-0.39, 0.29) is 18.4 Å². The lowest BCUT2D eigenvalue weighted by Gasteiger charge is -2.26. The van der Waals surface area contributed by atoms with Gasteiger partial charge in [0.2, 0.25) is 11.8 Å². The van der Waals surface area contributed by atoms with Gasteiger partial charge in [0.25, 0.3) is 0 Å². The van der Waals surface area contributed by atoms with Crippen molar-refractivity contribution in [3.8, 4) is 0 Å². The summed E-state index contributed by atoms with van der Waals surface area (Å²) in [6, 6.07) is 0. The number of carbonyl (C=O) groups is 2. The van der Waals surface area contributed by atoms with Crippen LogP contribution in [0.2, 0.25) is 0 Å². The molecule has 0 aromatic rings. The number of nitrogens with zero attached hydrogens (tertiary/aromatic N) is 2. The molecule has 6 heteroatoms. The van der Waals surface area contributed by atoms with Crippen LogP contribution in [0.5, 0.6) is 0 Å². The van der Waals surface area contributed by atoms with Gasteiger partial charge in [-0.3, -0.25) is 9.59 Å². The first-order valence-corrected chi connectivity index (χ1v) is 6.04. The van der Waals surface area contributed by atoms with Crippen LogP contribution in [-0.2, 0) is 14.3 Å². The number of morpholine rings is 1. The van der Waals surface area contributed by atoms with Gasteiger partial charge < -0.3 is 19.9 Å². The molecule has 1 aliphatic heterocycles. The van der Waals surface area contributed by atoms with E-state index in [9.17, 15) is 9.59 Å². The maximum absolute atomic E-state index is 11.4. The maximum atomic E-state index is 11.4. The van der Waals surface area contributed by atoms with E-state index in [2.05, 4.69) is 5.32 Å². The van der Waals surface area contributed by atoms with Crippen LogP contribution in [0, 0.1) is 0 Å². The number of rotatable bonds is 6. The van der Waals surface area contributed by atoms with Gasteiger partial charge in [-0.25, -0.2) is 0 Å². The highest BCUT2D eigenvalue weighted by molar-refractivity contribution is 5.87. The van der Waals surface area contributed by atoms with Crippen molar-refractivity contribution >= 4 is 11.8 Å². The average Bonchev–Trinajstić information content (AvgIpc) is 2.31. The third kappa shape index (κ3) is 5.79. The molecule has 0 atom stereocenters. The van der Waals surface area contributed by atoms with Gasteiger partial charge in [-0.1, -0.05) is 6.08 Å². The van der Waals surface area contributed by atoms with E-state index in [1.807, 2.05) is 19.0 Å². The van der Waals surface area contributed by atoms with Crippen molar-refractivity contribution in [2.75, 3.05) is 53.5 Å². The molecule has 1 aliphatic rings. The van der Waals surface area contributed by atoms with Gasteiger partial charge in [0.05, 0.1) is 6.61 Å². The molecule has 102 valence electrons. The summed E-state index contributed by atoms with van der Waals surface area (Å²) >= 11 is 0. The highest BCUT2D eigenvalue weighted by Gasteiger charge is 2.17. The van der Waals surface area contributed by atoms with Crippen LogP contribution in [0.3, 0.4) is 0 Å². The zero-order valence-corrected chi connectivity index (χ0v) is 11.0. The summed E-state index contributed by atoms with van der Waals surface area (Å²) in [5.41, 5.74) is 0. The molecule has 6 nitrogen and oxygen atoms in total. The van der Waals surface area contributed by atoms with Crippen molar-refractivity contribution in [2.45, 2.75) is 0 Å². The summed E-state index contributed by atoms with van der Waals surface area (Å²) < 4.78 is 5.02. The molecule has 0 radical (unpaired) electrons. The summed E-state index contributed by atoms with van der Waals surface area (Å²) in [6.45, 7) is 3.06. The van der Waals surface area contributed by atoms with Crippen LogP contribution < -0.4 is 5.32 Å². The Morgan fingerprint density at radius 3 is 3.00 bits per heavy atom. The lowest BCUT2D eigenvalue weighted by Crippen LogP contribution is -2.45. The highest BCUT2D eigenvalue weighted by Crippen LogP contribution is 1.97. The zero-order chi connectivity index (χ0) is 13.4. The van der Waals surface area contributed by atoms with E-state index in [0.717, 1.165) is 6.54 Å². The number of hydrogen-bond acceptors (Lipinski definition) is 4. The highest BCUT2D eigenvalue weighted by atomic mass is 16.5. The van der Waals surface area contributed by atoms with Crippen molar-refractivity contribution in [1.82, 2.24) is 15.1 Å². The number of amides is 2. The Kier molecular flexibility index (Phi) is 6.38. The number of likely N-dealkylation sites (N-methyl/N-ethyl adjacent to an activating group) is 1. The van der Waals surface area contributed by atoms with E-state index < -0.39 is 0 Å². The van der Waals surface area contributed by atoms with Crippen molar-refractivity contribution in [3.63, 3.8) is 0 Å². The second-order valence-electron chi connectivity index (χ2n) is 4.39. The molecule has 0 saturated carbocycles. The third-order valence-electron chi connectivity index (χ3n) is 2.50. The van der Waals surface area contributed by atoms with Gasteiger partial charge in [-0.05, 0) is 14.1 Å². The van der Waals surface area contributed by atoms with Gasteiger partial charge in [0.15, 0.2) is 0 Å². The summed E-state index contributed by atoms with van der Waals surface area (Å²) in [5, 5.41) is 2.75. The molecule has 1 heterocycles. The fourth-order valence-corrected chi connectivity index (χ4v) is 1.53. The van der Waals surface area contributed by atoms with Gasteiger partial charge in [0.1, 0.15) is 6.61 Å². The molecular weight excluding hydrogens is 234 g/mol. The first-order chi connectivity index (χ1) is 8.59. The molecular formula is C12H21N3O3. The van der Waals surface area contributed by atoms with Crippen molar-refractivity contribution in [2.24, 2.45) is 0 Å². The molecule has 0 aromatic carbocycles. The van der Waals surface area contributed by atoms with Crippen LogP contribution in [0.1, 0.15) is 0 Å². The summed E-state index contributed by atoms with van der Waals surface area (Å²) in [5.74, 6) is -0.142. The zero-order valence-electron chi connectivity index (χ0n) is 11.0. The summed E-state index contributed by atoms with van der Waals surface area (Å²) in [7, 11) is 3.87. The fourth-order valence-electron chi connectivity index (χ4n) is 1.53. The lowest BCUT2D eigenvalue weighted by molar-refractivity contribution is -0.142. The first-order valence-electron chi connectivity index (χ1n) is 6.04. The molecule has 0 unspecified atom stereocenters. The molecule has 0 bridgehead atoms. The Hall–Kier alpha value is -1.40. The number of hydrogen-bond donors (Lipinski definition) is 1. The Labute approximate surface area is 108 Å². The minimum atomic E-state index is -0.127. The largest absolute Gasteiger partial charge is 0.370 e. The Balaban J connectivity index is 2.15. The van der Waals surface area contributed by atoms with Crippen LogP contribution in [0.25, 0.3) is 0 Å². The fraction of sp³-hybridized carbons (Fsp3) is 0.667. The Morgan fingerprint density at radius 2 is 2.33 bits per heavy atom. The van der Waals surface area contributed by atoms with E-state index in [4.69, 9.17) is 4.74 Å². The summed E-state index contributed by atoms with van der Waals surface area (Å²) in [6.07, 6.45) is 3.32. The van der Waals surface area contributed by atoms with E-state index >= 15 is 0 Å². The van der Waals surface area contributed by atoms with Crippen molar-refractivity contribution < 1.29 is 14.3 Å². The molecule has 0 aliphatic carbocycles. The summed E-state index contributed by atoms with van der Waals surface area (Å²) in [4.78, 5) is 26.5. The molecule has 1 fully saturated rings. The average molecular weight is 255 g/mol. The minimum absolute atomic E-state index is 0.0151. The normalized spacial score (nSPS) is 16.6. The topological polar surface area (TPSA) is 61.9 Å². The van der Waals surface area contributed by atoms with E-state index in [0.29, 0.717) is 26.2 Å². The standard InChI is InChI=1S/C12H21N3O3/c1-14(2)6-3-4-11(16)13-5-7-15-8-9-18-10-12(15)17/h3-4H,5-10H2,1-2H3,(H,13,16)/b4-3+. The second-order valence-corrected chi connectivity index (χ2v) is 4.39.